The second-order valence-electron chi connectivity index (χ2n) is 13.1. The fraction of sp³-hybridized carbons (Fsp3) is 0.279. The number of carbonyl (C=O) groups excluding carboxylic acids is 2. The lowest BCUT2D eigenvalue weighted by Gasteiger charge is -2.25. The van der Waals surface area contributed by atoms with Gasteiger partial charge in [0.15, 0.2) is 0 Å². The monoisotopic (exact) mass is 758 g/mol. The molecule has 2 fully saturated rings. The van der Waals surface area contributed by atoms with Crippen LogP contribution in [0.5, 0.6) is 11.5 Å². The molecule has 2 aliphatic rings. The van der Waals surface area contributed by atoms with Crippen molar-refractivity contribution in [1.82, 2.24) is 39.3 Å². The van der Waals surface area contributed by atoms with Gasteiger partial charge in [-0.15, -0.1) is 0 Å². The van der Waals surface area contributed by atoms with Crippen LogP contribution in [0.3, 0.4) is 0 Å². The van der Waals surface area contributed by atoms with Crippen LogP contribution in [0.1, 0.15) is 52.8 Å². The number of likely N-dealkylation sites (tertiary alicyclic amines) is 2. The Morgan fingerprint density at radius 3 is 1.75 bits per heavy atom. The van der Waals surface area contributed by atoms with Gasteiger partial charge in [-0.3, -0.25) is 29.4 Å². The second-order valence-corrected chi connectivity index (χ2v) is 13.1. The van der Waals surface area contributed by atoms with Gasteiger partial charge in [-0.1, -0.05) is 18.9 Å². The zero-order valence-corrected chi connectivity index (χ0v) is 31.6. The van der Waals surface area contributed by atoms with Crippen LogP contribution in [-0.2, 0) is 22.7 Å². The highest BCUT2D eigenvalue weighted by Crippen LogP contribution is 2.22. The van der Waals surface area contributed by atoms with Crippen LogP contribution in [0.2, 0.25) is 0 Å². The first-order chi connectivity index (χ1) is 27.7. The molecule has 8 rings (SSSR count). The zero-order chi connectivity index (χ0) is 38.9. The molecule has 2 N–H and O–H groups in total. The van der Waals surface area contributed by atoms with E-state index in [1.807, 2.05) is 65.6 Å². The normalized spacial score (nSPS) is 13.9. The Balaban J connectivity index is 0.000000205. The Hall–Kier alpha value is -6.31. The van der Waals surface area contributed by atoms with E-state index in [2.05, 4.69) is 57.5 Å². The summed E-state index contributed by atoms with van der Waals surface area (Å²) in [6.07, 6.45) is 23.4. The summed E-state index contributed by atoms with van der Waals surface area (Å²) in [6.45, 7) is 6.96. The number of imidazole rings is 1. The molecule has 0 unspecified atom stereocenters. The summed E-state index contributed by atoms with van der Waals surface area (Å²) in [7, 11) is 0. The highest BCUT2D eigenvalue weighted by Gasteiger charge is 2.11. The van der Waals surface area contributed by atoms with Gasteiger partial charge in [0.2, 0.25) is 12.8 Å². The van der Waals surface area contributed by atoms with Gasteiger partial charge in [-0.05, 0) is 131 Å². The van der Waals surface area contributed by atoms with Crippen molar-refractivity contribution in [3.05, 3.63) is 146 Å². The van der Waals surface area contributed by atoms with Crippen molar-refractivity contribution in [2.75, 3.05) is 36.8 Å². The van der Waals surface area contributed by atoms with Gasteiger partial charge >= 0.3 is 0 Å². The molecule has 2 saturated heterocycles. The predicted octanol–water partition coefficient (Wildman–Crippen LogP) is 7.90. The number of nitrogens with one attached hydrogen (secondary N) is 2. The number of anilines is 2. The minimum absolute atomic E-state index is 0. The van der Waals surface area contributed by atoms with E-state index in [0.717, 1.165) is 35.8 Å². The first-order valence-electron chi connectivity index (χ1n) is 18.9. The first kappa shape index (κ1) is 40.9. The van der Waals surface area contributed by atoms with Crippen molar-refractivity contribution in [1.29, 1.82) is 0 Å². The summed E-state index contributed by atoms with van der Waals surface area (Å²) < 4.78 is 7.43. The standard InChI is InChI=1S/C12H10N2O2.C11H16N2.C10H9N3O.C10H15N3.2H2/c15-9-14-10-3-5-11(6-4-10)16-12-2-1-7-13-8-12;1-4-8-13(9-5-1)10-11-6-2-3-7-12-11;14-8-12-9-1-3-10(4-2-9)13-6-5-11-7-13;1-2-6-13(7-3-1)8-10-4-5-11-9-12-10;;/h1-9H,(H,14,15);2-3,6-7H,1,4-5,8-10H2;1-8H,(H,12,14);4-5,9H,1-3,6-8H2;2*1H. The minimum Gasteiger partial charge on any atom is -0.456 e. The van der Waals surface area contributed by atoms with Crippen molar-refractivity contribution in [3.63, 3.8) is 0 Å². The van der Waals surface area contributed by atoms with Crippen LogP contribution in [-0.4, -0.2) is 78.3 Å². The number of ether oxygens (including phenoxy) is 1. The van der Waals surface area contributed by atoms with E-state index >= 15 is 0 Å². The Morgan fingerprint density at radius 2 is 1.23 bits per heavy atom. The molecule has 6 aromatic rings. The maximum Gasteiger partial charge on any atom is 0.211 e. The lowest BCUT2D eigenvalue weighted by molar-refractivity contribution is -0.106. The van der Waals surface area contributed by atoms with E-state index in [1.54, 1.807) is 61.6 Å². The van der Waals surface area contributed by atoms with Crippen LogP contribution in [0.15, 0.2) is 135 Å². The van der Waals surface area contributed by atoms with Crippen LogP contribution in [0, 0.1) is 0 Å². The van der Waals surface area contributed by atoms with Crippen LogP contribution >= 0.6 is 0 Å². The molecule has 0 aliphatic carbocycles. The van der Waals surface area contributed by atoms with E-state index in [1.165, 1.54) is 70.4 Å². The number of nitrogens with zero attached hydrogens (tertiary/aromatic N) is 8. The topological polar surface area (TPSA) is 143 Å². The fourth-order valence-corrected chi connectivity index (χ4v) is 6.04. The third-order valence-electron chi connectivity index (χ3n) is 8.88. The molecule has 13 heteroatoms. The maximum absolute atomic E-state index is 10.2. The zero-order valence-electron chi connectivity index (χ0n) is 31.6. The summed E-state index contributed by atoms with van der Waals surface area (Å²) in [4.78, 5) is 45.7. The SMILES string of the molecule is O=CNc1ccc(-n2ccnc2)cc1.O=CNc1ccc(Oc2cccnc2)cc1.[HH].[HH].c1cc(CN2CCCCC2)ncn1.c1ccc(CN2CCCCC2)nc1. The number of rotatable bonds is 11. The van der Waals surface area contributed by atoms with E-state index in [9.17, 15) is 9.59 Å². The van der Waals surface area contributed by atoms with Crippen molar-refractivity contribution in [2.45, 2.75) is 51.6 Å². The molecule has 56 heavy (non-hydrogen) atoms. The molecule has 13 nitrogen and oxygen atoms in total. The molecule has 4 aromatic heterocycles. The van der Waals surface area contributed by atoms with Gasteiger partial charge in [-0.2, -0.15) is 0 Å². The Kier molecular flexibility index (Phi) is 17.6. The summed E-state index contributed by atoms with van der Waals surface area (Å²) in [5, 5.41) is 5.12. The molecule has 2 aliphatic heterocycles. The highest BCUT2D eigenvalue weighted by atomic mass is 16.5. The van der Waals surface area contributed by atoms with Crippen LogP contribution < -0.4 is 15.4 Å². The smallest absolute Gasteiger partial charge is 0.211 e. The number of amides is 2. The van der Waals surface area contributed by atoms with Crippen molar-refractivity contribution in [2.24, 2.45) is 0 Å². The van der Waals surface area contributed by atoms with E-state index in [-0.39, 0.29) is 2.85 Å². The van der Waals surface area contributed by atoms with Crippen molar-refractivity contribution < 1.29 is 17.2 Å². The molecule has 0 radical (unpaired) electrons. The van der Waals surface area contributed by atoms with E-state index in [4.69, 9.17) is 4.74 Å². The number of hydrogen-bond donors (Lipinski definition) is 2. The van der Waals surface area contributed by atoms with Crippen LogP contribution in [0.25, 0.3) is 5.69 Å². The third kappa shape index (κ3) is 15.2. The average Bonchev–Trinajstić information content (AvgIpc) is 3.80. The maximum atomic E-state index is 10.2. The minimum atomic E-state index is 0. The quantitative estimate of drug-likeness (QED) is 0.125. The number of carbonyl (C=O) groups is 2. The lowest BCUT2D eigenvalue weighted by atomic mass is 10.1. The summed E-state index contributed by atoms with van der Waals surface area (Å²) in [5.74, 6) is 1.38. The van der Waals surface area contributed by atoms with Gasteiger partial charge in [-0.25, -0.2) is 15.0 Å². The van der Waals surface area contributed by atoms with Gasteiger partial charge in [0.25, 0.3) is 0 Å². The van der Waals surface area contributed by atoms with Crippen LogP contribution in [0.4, 0.5) is 11.4 Å². The largest absolute Gasteiger partial charge is 0.456 e. The molecule has 2 aromatic carbocycles. The van der Waals surface area contributed by atoms with Gasteiger partial charge < -0.3 is 19.9 Å². The lowest BCUT2D eigenvalue weighted by Crippen LogP contribution is -2.29. The number of aromatic nitrogens is 6. The van der Waals surface area contributed by atoms with Crippen molar-refractivity contribution in [3.8, 4) is 17.2 Å². The molecule has 0 atom stereocenters. The molecule has 0 saturated carbocycles. The van der Waals surface area contributed by atoms with E-state index in [0.29, 0.717) is 24.3 Å². The molecule has 6 heterocycles. The molecule has 294 valence electrons. The van der Waals surface area contributed by atoms with Crippen molar-refractivity contribution >= 4 is 24.2 Å². The fourth-order valence-electron chi connectivity index (χ4n) is 6.04. The number of benzene rings is 2. The summed E-state index contributed by atoms with van der Waals surface area (Å²) in [5.41, 5.74) is 4.86. The van der Waals surface area contributed by atoms with Gasteiger partial charge in [0.1, 0.15) is 17.8 Å². The number of hydrogen-bond acceptors (Lipinski definition) is 10. The highest BCUT2D eigenvalue weighted by molar-refractivity contribution is 5.72. The Bertz CT molecular complexity index is 1860. The van der Waals surface area contributed by atoms with Gasteiger partial charge in [0.05, 0.1) is 23.9 Å². The predicted molar refractivity (Wildman–Crippen MR) is 222 cm³/mol. The molecular formula is C43H54N10O3. The number of piperidine rings is 2. The molecule has 0 spiro atoms. The third-order valence-corrected chi connectivity index (χ3v) is 8.88. The van der Waals surface area contributed by atoms with Gasteiger partial charge in [0, 0.05) is 64.0 Å². The molecule has 0 bridgehead atoms. The first-order valence-corrected chi connectivity index (χ1v) is 18.9. The Labute approximate surface area is 331 Å². The number of pyridine rings is 2. The summed E-state index contributed by atoms with van der Waals surface area (Å²) >= 11 is 0. The van der Waals surface area contributed by atoms with E-state index < -0.39 is 0 Å². The molecule has 2 amide bonds. The average molecular weight is 759 g/mol. The molecular weight excluding hydrogens is 705 g/mol. The Morgan fingerprint density at radius 1 is 0.589 bits per heavy atom. The summed E-state index contributed by atoms with van der Waals surface area (Å²) in [6, 6.07) is 26.3. The second kappa shape index (κ2) is 24.2.